The van der Waals surface area contributed by atoms with Crippen LogP contribution in [-0.2, 0) is 4.79 Å². The number of nitrogens with zero attached hydrogens (tertiary/aromatic N) is 1. The summed E-state index contributed by atoms with van der Waals surface area (Å²) in [5.74, 6) is 0.317. The average Bonchev–Trinajstić information content (AvgIpc) is 2.17. The van der Waals surface area contributed by atoms with Crippen molar-refractivity contribution in [1.29, 1.82) is 0 Å². The minimum Gasteiger partial charge on any atom is -0.300 e. The van der Waals surface area contributed by atoms with Crippen LogP contribution < -0.4 is 0 Å². The second-order valence-electron chi connectivity index (χ2n) is 4.01. The van der Waals surface area contributed by atoms with Gasteiger partial charge in [-0.05, 0) is 32.9 Å². The first kappa shape index (κ1) is 11.6. The van der Waals surface area contributed by atoms with Crippen molar-refractivity contribution in [3.8, 4) is 0 Å². The van der Waals surface area contributed by atoms with Crippen molar-refractivity contribution in [2.75, 3.05) is 0 Å². The number of pyridine rings is 1. The molecular formula is C13H17NO. The highest BCUT2D eigenvalue weighted by Gasteiger charge is 2.11. The van der Waals surface area contributed by atoms with E-state index in [1.165, 1.54) is 5.57 Å². The van der Waals surface area contributed by atoms with Crippen LogP contribution in [0, 0.1) is 0 Å². The fraction of sp³-hybridized carbons (Fsp3) is 0.385. The van der Waals surface area contributed by atoms with E-state index < -0.39 is 0 Å². The molecule has 1 heterocycles. The van der Waals surface area contributed by atoms with Gasteiger partial charge < -0.3 is 0 Å². The fourth-order valence-electron chi connectivity index (χ4n) is 1.56. The van der Waals surface area contributed by atoms with Gasteiger partial charge in [0.2, 0.25) is 0 Å². The summed E-state index contributed by atoms with van der Waals surface area (Å²) in [5.41, 5.74) is 2.18. The minimum atomic E-state index is 0.119. The quantitative estimate of drug-likeness (QED) is 0.704. The molecular weight excluding hydrogens is 186 g/mol. The molecule has 0 aromatic carbocycles. The summed E-state index contributed by atoms with van der Waals surface area (Å²) in [6.45, 7) is 5.70. The van der Waals surface area contributed by atoms with Crippen molar-refractivity contribution in [3.05, 3.63) is 41.7 Å². The van der Waals surface area contributed by atoms with E-state index in [1.54, 1.807) is 13.1 Å². The topological polar surface area (TPSA) is 30.0 Å². The van der Waals surface area contributed by atoms with Gasteiger partial charge in [0.25, 0.3) is 0 Å². The molecule has 1 aromatic heterocycles. The first-order valence-electron chi connectivity index (χ1n) is 5.15. The lowest BCUT2D eigenvalue weighted by molar-refractivity contribution is -0.117. The highest BCUT2D eigenvalue weighted by molar-refractivity contribution is 5.76. The van der Waals surface area contributed by atoms with Crippen LogP contribution in [0.5, 0.6) is 0 Å². The number of aromatic nitrogens is 1. The molecule has 0 amide bonds. The molecule has 0 saturated heterocycles. The molecule has 0 N–H and O–H groups in total. The van der Waals surface area contributed by atoms with Gasteiger partial charge in [0.1, 0.15) is 5.78 Å². The Morgan fingerprint density at radius 2 is 2.13 bits per heavy atom. The number of allylic oxidation sites excluding steroid dienone is 2. The van der Waals surface area contributed by atoms with E-state index in [0.717, 1.165) is 5.69 Å². The van der Waals surface area contributed by atoms with Crippen molar-refractivity contribution in [2.45, 2.75) is 33.1 Å². The monoisotopic (exact) mass is 203 g/mol. The minimum absolute atomic E-state index is 0.119. The summed E-state index contributed by atoms with van der Waals surface area (Å²) in [4.78, 5) is 15.4. The Hall–Kier alpha value is -1.44. The summed E-state index contributed by atoms with van der Waals surface area (Å²) in [7, 11) is 0. The largest absolute Gasteiger partial charge is 0.300 e. The number of ketones is 1. The zero-order valence-corrected chi connectivity index (χ0v) is 9.53. The number of hydrogen-bond donors (Lipinski definition) is 0. The van der Waals surface area contributed by atoms with Gasteiger partial charge in [0, 0.05) is 24.2 Å². The third kappa shape index (κ3) is 4.07. The average molecular weight is 203 g/mol. The molecule has 2 heteroatoms. The van der Waals surface area contributed by atoms with Gasteiger partial charge in [0.15, 0.2) is 0 Å². The summed E-state index contributed by atoms with van der Waals surface area (Å²) >= 11 is 0. The highest BCUT2D eigenvalue weighted by atomic mass is 16.1. The van der Waals surface area contributed by atoms with Crippen LogP contribution in [0.2, 0.25) is 0 Å². The normalized spacial score (nSPS) is 11.9. The Balaban J connectivity index is 2.91. The second kappa shape index (κ2) is 5.44. The summed E-state index contributed by atoms with van der Waals surface area (Å²) in [6.07, 6.45) is 4.40. The maximum absolute atomic E-state index is 11.2. The van der Waals surface area contributed by atoms with Gasteiger partial charge in [-0.1, -0.05) is 17.7 Å². The molecule has 0 bridgehead atoms. The van der Waals surface area contributed by atoms with E-state index in [0.29, 0.717) is 6.42 Å². The van der Waals surface area contributed by atoms with Gasteiger partial charge in [-0.2, -0.15) is 0 Å². The van der Waals surface area contributed by atoms with Crippen LogP contribution in [0.15, 0.2) is 36.0 Å². The van der Waals surface area contributed by atoms with E-state index >= 15 is 0 Å². The van der Waals surface area contributed by atoms with Gasteiger partial charge in [-0.3, -0.25) is 9.78 Å². The Labute approximate surface area is 91.0 Å². The summed E-state index contributed by atoms with van der Waals surface area (Å²) < 4.78 is 0. The standard InChI is InChI=1S/C13H17NO/c1-10(2)8-12(9-11(3)15)13-6-4-5-7-14-13/h4-8,12H,9H2,1-3H3/t12-/m1/s1. The Bertz CT molecular complexity index is 350. The third-order valence-corrected chi connectivity index (χ3v) is 2.11. The number of Topliss-reactive ketones (excluding diaryl/α,β-unsaturated/α-hetero) is 1. The molecule has 0 spiro atoms. The zero-order valence-electron chi connectivity index (χ0n) is 9.53. The predicted octanol–water partition coefficient (Wildman–Crippen LogP) is 3.11. The molecule has 0 aliphatic carbocycles. The van der Waals surface area contributed by atoms with Crippen molar-refractivity contribution >= 4 is 5.78 Å². The number of rotatable bonds is 4. The smallest absolute Gasteiger partial charge is 0.130 e. The van der Waals surface area contributed by atoms with Gasteiger partial charge in [0.05, 0.1) is 0 Å². The van der Waals surface area contributed by atoms with E-state index in [-0.39, 0.29) is 11.7 Å². The predicted molar refractivity (Wildman–Crippen MR) is 61.7 cm³/mol. The van der Waals surface area contributed by atoms with Crippen molar-refractivity contribution in [1.82, 2.24) is 4.98 Å². The van der Waals surface area contributed by atoms with Crippen LogP contribution in [0.4, 0.5) is 0 Å². The fourth-order valence-corrected chi connectivity index (χ4v) is 1.56. The SMILES string of the molecule is CC(=O)C[C@@H](C=C(C)C)c1ccccn1. The first-order valence-corrected chi connectivity index (χ1v) is 5.15. The Kier molecular flexibility index (Phi) is 4.22. The molecule has 2 nitrogen and oxygen atoms in total. The van der Waals surface area contributed by atoms with Crippen molar-refractivity contribution in [3.63, 3.8) is 0 Å². The van der Waals surface area contributed by atoms with Crippen LogP contribution in [0.25, 0.3) is 0 Å². The molecule has 0 unspecified atom stereocenters. The Morgan fingerprint density at radius 3 is 2.60 bits per heavy atom. The van der Waals surface area contributed by atoms with E-state index in [1.807, 2.05) is 32.0 Å². The number of hydrogen-bond acceptors (Lipinski definition) is 2. The number of carbonyl (C=O) groups is 1. The lowest BCUT2D eigenvalue weighted by atomic mass is 9.96. The van der Waals surface area contributed by atoms with E-state index in [9.17, 15) is 4.79 Å². The number of carbonyl (C=O) groups excluding carboxylic acids is 1. The zero-order chi connectivity index (χ0) is 11.3. The molecule has 0 saturated carbocycles. The van der Waals surface area contributed by atoms with Crippen LogP contribution in [0.3, 0.4) is 0 Å². The van der Waals surface area contributed by atoms with E-state index in [2.05, 4.69) is 11.1 Å². The maximum atomic E-state index is 11.2. The molecule has 0 fully saturated rings. The van der Waals surface area contributed by atoms with Crippen LogP contribution >= 0.6 is 0 Å². The maximum Gasteiger partial charge on any atom is 0.130 e. The Morgan fingerprint density at radius 1 is 1.40 bits per heavy atom. The van der Waals surface area contributed by atoms with Gasteiger partial charge >= 0.3 is 0 Å². The van der Waals surface area contributed by atoms with E-state index in [4.69, 9.17) is 0 Å². The first-order chi connectivity index (χ1) is 7.09. The van der Waals surface area contributed by atoms with Crippen molar-refractivity contribution in [2.24, 2.45) is 0 Å². The molecule has 1 rings (SSSR count). The molecule has 1 atom stereocenters. The molecule has 80 valence electrons. The lowest BCUT2D eigenvalue weighted by Gasteiger charge is -2.10. The summed E-state index contributed by atoms with van der Waals surface area (Å²) in [6, 6.07) is 5.80. The molecule has 15 heavy (non-hydrogen) atoms. The molecule has 0 aliphatic heterocycles. The molecule has 1 aromatic rings. The lowest BCUT2D eigenvalue weighted by Crippen LogP contribution is -2.04. The second-order valence-corrected chi connectivity index (χ2v) is 4.01. The third-order valence-electron chi connectivity index (χ3n) is 2.11. The highest BCUT2D eigenvalue weighted by Crippen LogP contribution is 2.20. The van der Waals surface area contributed by atoms with Crippen LogP contribution in [-0.4, -0.2) is 10.8 Å². The molecule has 0 aliphatic rings. The van der Waals surface area contributed by atoms with Gasteiger partial charge in [-0.15, -0.1) is 0 Å². The molecule has 0 radical (unpaired) electrons. The van der Waals surface area contributed by atoms with Crippen molar-refractivity contribution < 1.29 is 4.79 Å². The van der Waals surface area contributed by atoms with Crippen LogP contribution in [0.1, 0.15) is 38.8 Å². The van der Waals surface area contributed by atoms with Gasteiger partial charge in [-0.25, -0.2) is 0 Å². The summed E-state index contributed by atoms with van der Waals surface area (Å²) in [5, 5.41) is 0.